The molecule has 2 unspecified atom stereocenters. The van der Waals surface area contributed by atoms with Crippen molar-refractivity contribution in [2.75, 3.05) is 14.2 Å². The van der Waals surface area contributed by atoms with Gasteiger partial charge in [0.15, 0.2) is 0 Å². The highest BCUT2D eigenvalue weighted by molar-refractivity contribution is 5.29. The van der Waals surface area contributed by atoms with E-state index in [2.05, 4.69) is 5.32 Å². The van der Waals surface area contributed by atoms with E-state index in [1.807, 2.05) is 6.92 Å². The highest BCUT2D eigenvalue weighted by atomic mass is 19.4. The predicted octanol–water partition coefficient (Wildman–Crippen LogP) is 3.53. The Morgan fingerprint density at radius 3 is 2.42 bits per heavy atom. The maximum Gasteiger partial charge on any atom is 0.419 e. The van der Waals surface area contributed by atoms with Gasteiger partial charge in [-0.2, -0.15) is 13.2 Å². The summed E-state index contributed by atoms with van der Waals surface area (Å²) in [4.78, 5) is 0. The Hall–Kier alpha value is -1.14. The number of ether oxygens (including phenoxy) is 1. The molecule has 1 rings (SSSR count). The van der Waals surface area contributed by atoms with Crippen LogP contribution in [0.15, 0.2) is 18.2 Å². The number of hydrogen-bond acceptors (Lipinski definition) is 2. The maximum atomic E-state index is 13.2. The summed E-state index contributed by atoms with van der Waals surface area (Å²) in [7, 11) is 3.17. The lowest BCUT2D eigenvalue weighted by Gasteiger charge is -2.21. The van der Waals surface area contributed by atoms with Crippen molar-refractivity contribution in [3.63, 3.8) is 0 Å². The van der Waals surface area contributed by atoms with Crippen molar-refractivity contribution >= 4 is 0 Å². The minimum atomic E-state index is -4.69. The summed E-state index contributed by atoms with van der Waals surface area (Å²) < 4.78 is 56.2. The summed E-state index contributed by atoms with van der Waals surface area (Å²) in [6, 6.07) is 2.73. The molecule has 0 bridgehead atoms. The SMILES string of the molecule is CNC(CC(C)OC)c1ccc(F)c(C(F)(F)F)c1. The smallest absolute Gasteiger partial charge is 0.382 e. The Bertz CT molecular complexity index is 420. The van der Waals surface area contributed by atoms with Crippen LogP contribution in [-0.4, -0.2) is 20.3 Å². The Balaban J connectivity index is 3.06. The van der Waals surface area contributed by atoms with Gasteiger partial charge in [-0.3, -0.25) is 0 Å². The first-order valence-electron chi connectivity index (χ1n) is 5.86. The summed E-state index contributed by atoms with van der Waals surface area (Å²) in [5.74, 6) is -1.26. The number of rotatable bonds is 5. The Morgan fingerprint density at radius 1 is 1.32 bits per heavy atom. The van der Waals surface area contributed by atoms with Crippen LogP contribution < -0.4 is 5.32 Å². The van der Waals surface area contributed by atoms with Crippen LogP contribution in [0.25, 0.3) is 0 Å². The van der Waals surface area contributed by atoms with E-state index < -0.39 is 17.6 Å². The molecule has 0 aliphatic heterocycles. The van der Waals surface area contributed by atoms with Crippen molar-refractivity contribution in [2.24, 2.45) is 0 Å². The van der Waals surface area contributed by atoms with Gasteiger partial charge in [-0.25, -0.2) is 4.39 Å². The highest BCUT2D eigenvalue weighted by Crippen LogP contribution is 2.33. The molecule has 1 N–H and O–H groups in total. The summed E-state index contributed by atoms with van der Waals surface area (Å²) in [6.45, 7) is 1.82. The molecule has 19 heavy (non-hydrogen) atoms. The van der Waals surface area contributed by atoms with Gasteiger partial charge >= 0.3 is 6.18 Å². The predicted molar refractivity (Wildman–Crippen MR) is 64.3 cm³/mol. The minimum Gasteiger partial charge on any atom is -0.382 e. The first kappa shape index (κ1) is 15.9. The molecule has 0 spiro atoms. The lowest BCUT2D eigenvalue weighted by atomic mass is 9.99. The van der Waals surface area contributed by atoms with Crippen molar-refractivity contribution in [3.05, 3.63) is 35.1 Å². The standard InChI is InChI=1S/C13H17F4NO/c1-8(19-3)6-12(18-2)9-4-5-11(14)10(7-9)13(15,16)17/h4-5,7-8,12,18H,6H2,1-3H3. The number of hydrogen-bond donors (Lipinski definition) is 1. The van der Waals surface area contributed by atoms with Crippen LogP contribution in [0.2, 0.25) is 0 Å². The molecule has 6 heteroatoms. The Morgan fingerprint density at radius 2 is 1.95 bits per heavy atom. The van der Waals surface area contributed by atoms with E-state index in [0.717, 1.165) is 12.1 Å². The Labute approximate surface area is 109 Å². The summed E-state index contributed by atoms with van der Waals surface area (Å²) in [6.07, 6.45) is -4.31. The molecule has 0 aliphatic carbocycles. The average molecular weight is 279 g/mol. The van der Waals surface area contributed by atoms with Crippen LogP contribution in [0.3, 0.4) is 0 Å². The molecule has 0 aromatic heterocycles. The second-order valence-electron chi connectivity index (χ2n) is 4.36. The van der Waals surface area contributed by atoms with Crippen LogP contribution in [0, 0.1) is 5.82 Å². The first-order valence-corrected chi connectivity index (χ1v) is 5.86. The fraction of sp³-hybridized carbons (Fsp3) is 0.538. The van der Waals surface area contributed by atoms with E-state index in [-0.39, 0.29) is 12.1 Å². The third kappa shape index (κ3) is 4.18. The molecule has 0 heterocycles. The molecule has 0 saturated carbocycles. The van der Waals surface area contributed by atoms with E-state index in [0.29, 0.717) is 12.0 Å². The second-order valence-corrected chi connectivity index (χ2v) is 4.36. The zero-order valence-electron chi connectivity index (χ0n) is 11.0. The normalized spacial score (nSPS) is 15.3. The van der Waals surface area contributed by atoms with Crippen LogP contribution >= 0.6 is 0 Å². The fourth-order valence-electron chi connectivity index (χ4n) is 1.83. The maximum absolute atomic E-state index is 13.2. The minimum absolute atomic E-state index is 0.114. The number of benzene rings is 1. The van der Waals surface area contributed by atoms with Gasteiger partial charge in [-0.15, -0.1) is 0 Å². The van der Waals surface area contributed by atoms with E-state index in [1.165, 1.54) is 13.2 Å². The van der Waals surface area contributed by atoms with Gasteiger partial charge in [0.2, 0.25) is 0 Å². The van der Waals surface area contributed by atoms with E-state index >= 15 is 0 Å². The zero-order chi connectivity index (χ0) is 14.6. The monoisotopic (exact) mass is 279 g/mol. The van der Waals surface area contributed by atoms with Crippen molar-refractivity contribution < 1.29 is 22.3 Å². The molecule has 2 atom stereocenters. The van der Waals surface area contributed by atoms with Gasteiger partial charge < -0.3 is 10.1 Å². The molecule has 1 aromatic rings. The van der Waals surface area contributed by atoms with Crippen LogP contribution in [0.1, 0.15) is 30.5 Å². The van der Waals surface area contributed by atoms with Crippen LogP contribution in [0.5, 0.6) is 0 Å². The summed E-state index contributed by atoms with van der Waals surface area (Å²) >= 11 is 0. The molecule has 0 amide bonds. The largest absolute Gasteiger partial charge is 0.419 e. The fourth-order valence-corrected chi connectivity index (χ4v) is 1.83. The number of nitrogens with one attached hydrogen (secondary N) is 1. The zero-order valence-corrected chi connectivity index (χ0v) is 11.0. The molecule has 0 radical (unpaired) electrons. The molecular weight excluding hydrogens is 262 g/mol. The number of alkyl halides is 3. The Kier molecular flexibility index (Phi) is 5.31. The molecule has 0 saturated heterocycles. The molecular formula is C13H17F4NO. The molecule has 2 nitrogen and oxygen atoms in total. The highest BCUT2D eigenvalue weighted by Gasteiger charge is 2.34. The first-order chi connectivity index (χ1) is 8.79. The summed E-state index contributed by atoms with van der Waals surface area (Å²) in [5.41, 5.74) is -0.851. The van der Waals surface area contributed by atoms with Crippen molar-refractivity contribution in [3.8, 4) is 0 Å². The van der Waals surface area contributed by atoms with E-state index in [4.69, 9.17) is 4.74 Å². The van der Waals surface area contributed by atoms with Gasteiger partial charge in [-0.1, -0.05) is 6.07 Å². The topological polar surface area (TPSA) is 21.3 Å². The van der Waals surface area contributed by atoms with Gasteiger partial charge in [0.1, 0.15) is 5.82 Å². The summed E-state index contributed by atoms with van der Waals surface area (Å²) in [5, 5.41) is 2.91. The quantitative estimate of drug-likeness (QED) is 0.833. The van der Waals surface area contributed by atoms with Crippen molar-refractivity contribution in [1.29, 1.82) is 0 Å². The van der Waals surface area contributed by atoms with Crippen molar-refractivity contribution in [1.82, 2.24) is 5.32 Å². The van der Waals surface area contributed by atoms with Crippen molar-refractivity contribution in [2.45, 2.75) is 31.7 Å². The lowest BCUT2D eigenvalue weighted by Crippen LogP contribution is -2.22. The van der Waals surface area contributed by atoms with Crippen LogP contribution in [0.4, 0.5) is 17.6 Å². The number of halogens is 4. The van der Waals surface area contributed by atoms with Crippen LogP contribution in [-0.2, 0) is 10.9 Å². The third-order valence-electron chi connectivity index (χ3n) is 3.02. The third-order valence-corrected chi connectivity index (χ3v) is 3.02. The van der Waals surface area contributed by atoms with Gasteiger partial charge in [0.25, 0.3) is 0 Å². The average Bonchev–Trinajstić information content (AvgIpc) is 2.35. The second kappa shape index (κ2) is 6.34. The van der Waals surface area contributed by atoms with Gasteiger partial charge in [-0.05, 0) is 38.1 Å². The van der Waals surface area contributed by atoms with Gasteiger partial charge in [0, 0.05) is 13.2 Å². The lowest BCUT2D eigenvalue weighted by molar-refractivity contribution is -0.140. The molecule has 1 aromatic carbocycles. The molecule has 108 valence electrons. The van der Waals surface area contributed by atoms with E-state index in [9.17, 15) is 17.6 Å². The van der Waals surface area contributed by atoms with Gasteiger partial charge in [0.05, 0.1) is 11.7 Å². The number of methoxy groups -OCH3 is 1. The molecule has 0 fully saturated rings. The molecule has 0 aliphatic rings. The van der Waals surface area contributed by atoms with E-state index in [1.54, 1.807) is 7.05 Å².